The van der Waals surface area contributed by atoms with Gasteiger partial charge in [0.05, 0.1) is 25.4 Å². The Hall–Kier alpha value is -1.38. The molecule has 60 heavy (non-hydrogen) atoms. The third-order valence-electron chi connectivity index (χ3n) is 12.4. The monoisotopic (exact) mass is 859 g/mol. The standard InChI is InChI=1S/C48H94N2O10/c1-6-8-10-12-14-15-16-17-18-19-20-21-22-23-24-26-28-30-32-40(53)47(58)50-39(35-59-48-42(49-37(5)52)46(57)45(56)41(34-51)60-48)44(55)43(54)38(33-36(3)4)31-29-27-25-13-11-9-7-2/h36,38-46,48,51,53-57H,6-35H2,1-5H3,(H,49,52)(H,50,58)/t38?,39-,40+,41?,42?,43+,44-,45+,46?,48+/m0/s1. The molecular weight excluding hydrogens is 765 g/mol. The largest absolute Gasteiger partial charge is 0.394 e. The molecule has 0 saturated carbocycles. The maximum atomic E-state index is 13.4. The first-order chi connectivity index (χ1) is 28.9. The molecule has 0 spiro atoms. The lowest BCUT2D eigenvalue weighted by molar-refractivity contribution is -0.273. The minimum Gasteiger partial charge on any atom is -0.394 e. The van der Waals surface area contributed by atoms with Crippen molar-refractivity contribution in [3.8, 4) is 0 Å². The number of aliphatic hydroxyl groups is 6. The minimum atomic E-state index is -1.54. The summed E-state index contributed by atoms with van der Waals surface area (Å²) < 4.78 is 11.7. The third kappa shape index (κ3) is 25.7. The van der Waals surface area contributed by atoms with Crippen LogP contribution < -0.4 is 10.6 Å². The van der Waals surface area contributed by atoms with Gasteiger partial charge in [0.15, 0.2) is 6.29 Å². The van der Waals surface area contributed by atoms with Crippen LogP contribution in [0.15, 0.2) is 0 Å². The van der Waals surface area contributed by atoms with Crippen LogP contribution in [0.2, 0.25) is 0 Å². The lowest BCUT2D eigenvalue weighted by Gasteiger charge is -2.43. The normalized spacial score (nSPS) is 22.0. The van der Waals surface area contributed by atoms with Crippen molar-refractivity contribution in [1.29, 1.82) is 0 Å². The van der Waals surface area contributed by atoms with Crippen molar-refractivity contribution in [2.75, 3.05) is 13.2 Å². The fourth-order valence-corrected chi connectivity index (χ4v) is 8.60. The first-order valence-electron chi connectivity index (χ1n) is 24.7. The summed E-state index contributed by atoms with van der Waals surface area (Å²) >= 11 is 0. The fraction of sp³-hybridized carbons (Fsp3) is 0.958. The first-order valence-corrected chi connectivity index (χ1v) is 24.7. The summed E-state index contributed by atoms with van der Waals surface area (Å²) in [7, 11) is 0. The Morgan fingerprint density at radius 3 is 1.48 bits per heavy atom. The highest BCUT2D eigenvalue weighted by Crippen LogP contribution is 2.27. The number of carbonyl (C=O) groups excluding carboxylic acids is 2. The zero-order valence-corrected chi connectivity index (χ0v) is 38.9. The van der Waals surface area contributed by atoms with E-state index in [-0.39, 0.29) is 18.3 Å². The molecule has 1 heterocycles. The summed E-state index contributed by atoms with van der Waals surface area (Å²) in [6.07, 6.45) is 22.2. The van der Waals surface area contributed by atoms with Crippen molar-refractivity contribution >= 4 is 11.8 Å². The quantitative estimate of drug-likeness (QED) is 0.0283. The maximum absolute atomic E-state index is 13.4. The second-order valence-electron chi connectivity index (χ2n) is 18.5. The molecule has 0 radical (unpaired) electrons. The smallest absolute Gasteiger partial charge is 0.249 e. The number of ether oxygens (including phenoxy) is 2. The van der Waals surface area contributed by atoms with E-state index in [2.05, 4.69) is 38.3 Å². The van der Waals surface area contributed by atoms with Gasteiger partial charge in [-0.25, -0.2) is 0 Å². The minimum absolute atomic E-state index is 0.249. The van der Waals surface area contributed by atoms with E-state index < -0.39 is 80.0 Å². The number of aliphatic hydroxyl groups excluding tert-OH is 6. The highest BCUT2D eigenvalue weighted by atomic mass is 16.7. The second kappa shape index (κ2) is 36.0. The number of hydrogen-bond acceptors (Lipinski definition) is 10. The van der Waals surface area contributed by atoms with Gasteiger partial charge in [-0.05, 0) is 31.1 Å². The average molecular weight is 859 g/mol. The van der Waals surface area contributed by atoms with Crippen LogP contribution in [0.5, 0.6) is 0 Å². The molecule has 12 nitrogen and oxygen atoms in total. The molecule has 10 atom stereocenters. The number of hydrogen-bond donors (Lipinski definition) is 8. The highest BCUT2D eigenvalue weighted by Gasteiger charge is 2.46. The van der Waals surface area contributed by atoms with Crippen molar-refractivity contribution in [2.24, 2.45) is 11.8 Å². The molecule has 1 saturated heterocycles. The molecule has 1 aliphatic heterocycles. The van der Waals surface area contributed by atoms with Crippen LogP contribution in [0, 0.1) is 11.8 Å². The zero-order valence-electron chi connectivity index (χ0n) is 38.9. The Morgan fingerprint density at radius 1 is 0.633 bits per heavy atom. The zero-order chi connectivity index (χ0) is 44.5. The topological polar surface area (TPSA) is 198 Å². The molecule has 1 aliphatic rings. The van der Waals surface area contributed by atoms with E-state index in [4.69, 9.17) is 9.47 Å². The third-order valence-corrected chi connectivity index (χ3v) is 12.4. The van der Waals surface area contributed by atoms with E-state index in [1.165, 1.54) is 122 Å². The Morgan fingerprint density at radius 2 is 1.07 bits per heavy atom. The van der Waals surface area contributed by atoms with Gasteiger partial charge in [0, 0.05) is 6.92 Å². The summed E-state index contributed by atoms with van der Waals surface area (Å²) in [5, 5.41) is 70.5. The molecule has 0 aromatic carbocycles. The maximum Gasteiger partial charge on any atom is 0.249 e. The summed E-state index contributed by atoms with van der Waals surface area (Å²) in [5.41, 5.74) is 0. The lowest BCUT2D eigenvalue weighted by Crippen LogP contribution is -2.65. The summed E-state index contributed by atoms with van der Waals surface area (Å²) in [5.74, 6) is -1.22. The van der Waals surface area contributed by atoms with Crippen LogP contribution in [0.25, 0.3) is 0 Å². The SMILES string of the molecule is CCCCCCCCCCCCCCCCCCCC[C@@H](O)C(=O)N[C@@H](CO[C@@H]1OC(CO)[C@@H](O)C(O)C1NC(C)=O)[C@H](O)[C@H](O)C(CCCCCCCCC)CC(C)C. The van der Waals surface area contributed by atoms with Crippen LogP contribution in [0.1, 0.15) is 214 Å². The molecule has 0 aromatic rings. The van der Waals surface area contributed by atoms with Crippen LogP contribution in [-0.2, 0) is 19.1 Å². The van der Waals surface area contributed by atoms with Gasteiger partial charge < -0.3 is 50.7 Å². The van der Waals surface area contributed by atoms with Gasteiger partial charge in [0.1, 0.15) is 36.6 Å². The van der Waals surface area contributed by atoms with Crippen molar-refractivity contribution in [3.63, 3.8) is 0 Å². The predicted octanol–water partition coefficient (Wildman–Crippen LogP) is 7.75. The number of rotatable bonds is 39. The highest BCUT2D eigenvalue weighted by molar-refractivity contribution is 5.80. The Labute approximate surface area is 365 Å². The molecule has 2 amide bonds. The number of nitrogens with one attached hydrogen (secondary N) is 2. The van der Waals surface area contributed by atoms with E-state index in [1.807, 2.05) is 0 Å². The molecule has 4 unspecified atom stereocenters. The van der Waals surface area contributed by atoms with Gasteiger partial charge in [0.2, 0.25) is 11.8 Å². The molecule has 8 N–H and O–H groups in total. The van der Waals surface area contributed by atoms with Crippen molar-refractivity contribution < 1.29 is 49.7 Å². The number of carbonyl (C=O) groups is 2. The van der Waals surface area contributed by atoms with Gasteiger partial charge in [-0.3, -0.25) is 9.59 Å². The van der Waals surface area contributed by atoms with E-state index >= 15 is 0 Å². The first kappa shape index (κ1) is 56.6. The van der Waals surface area contributed by atoms with Gasteiger partial charge in [-0.15, -0.1) is 0 Å². The fourth-order valence-electron chi connectivity index (χ4n) is 8.60. The van der Waals surface area contributed by atoms with Gasteiger partial charge in [-0.1, -0.05) is 188 Å². The lowest BCUT2D eigenvalue weighted by atomic mass is 9.83. The Balaban J connectivity index is 2.74. The van der Waals surface area contributed by atoms with Crippen LogP contribution in [-0.4, -0.2) is 111 Å². The molecule has 1 rings (SSSR count). The average Bonchev–Trinajstić information content (AvgIpc) is 3.22. The van der Waals surface area contributed by atoms with Gasteiger partial charge in [-0.2, -0.15) is 0 Å². The van der Waals surface area contributed by atoms with E-state index in [9.17, 15) is 40.2 Å². The molecule has 0 bridgehead atoms. The van der Waals surface area contributed by atoms with Crippen LogP contribution >= 0.6 is 0 Å². The van der Waals surface area contributed by atoms with Crippen LogP contribution in [0.4, 0.5) is 0 Å². The summed E-state index contributed by atoms with van der Waals surface area (Å²) in [4.78, 5) is 25.4. The molecule has 0 aromatic heterocycles. The summed E-state index contributed by atoms with van der Waals surface area (Å²) in [6, 6.07) is -2.41. The van der Waals surface area contributed by atoms with E-state index in [0.29, 0.717) is 19.3 Å². The van der Waals surface area contributed by atoms with Crippen molar-refractivity contribution in [1.82, 2.24) is 10.6 Å². The van der Waals surface area contributed by atoms with E-state index in [0.717, 1.165) is 38.5 Å². The molecule has 356 valence electrons. The van der Waals surface area contributed by atoms with Crippen molar-refractivity contribution in [3.05, 3.63) is 0 Å². The van der Waals surface area contributed by atoms with Gasteiger partial charge >= 0.3 is 0 Å². The Kier molecular flexibility index (Phi) is 34.0. The molecule has 0 aliphatic carbocycles. The molecule has 1 fully saturated rings. The van der Waals surface area contributed by atoms with Crippen molar-refractivity contribution in [2.45, 2.75) is 269 Å². The molecule has 12 heteroatoms. The number of amides is 2. The van der Waals surface area contributed by atoms with E-state index in [1.54, 1.807) is 0 Å². The number of unbranched alkanes of at least 4 members (excludes halogenated alkanes) is 23. The molecular formula is C48H94N2O10. The summed E-state index contributed by atoms with van der Waals surface area (Å²) in [6.45, 7) is 8.77. The Bertz CT molecular complexity index is 1040. The van der Waals surface area contributed by atoms with Crippen LogP contribution in [0.3, 0.4) is 0 Å². The second-order valence-corrected chi connectivity index (χ2v) is 18.5. The predicted molar refractivity (Wildman–Crippen MR) is 240 cm³/mol. The van der Waals surface area contributed by atoms with Gasteiger partial charge in [0.25, 0.3) is 0 Å².